The number of hydrogen-bond donors (Lipinski definition) is 2. The van der Waals surface area contributed by atoms with Gasteiger partial charge in [0.2, 0.25) is 0 Å². The van der Waals surface area contributed by atoms with Gasteiger partial charge in [0.15, 0.2) is 5.13 Å². The number of nitrogens with zero attached hydrogens (tertiary/aromatic N) is 1. The summed E-state index contributed by atoms with van der Waals surface area (Å²) in [5.74, 6) is 1.02. The molecule has 4 nitrogen and oxygen atoms in total. The summed E-state index contributed by atoms with van der Waals surface area (Å²) in [6, 6.07) is 12.8. The van der Waals surface area contributed by atoms with E-state index >= 15 is 0 Å². The SMILES string of the molecule is COc1ccc2nc(Nc3ccccc3O)sc2c1. The van der Waals surface area contributed by atoms with Crippen LogP contribution in [0.15, 0.2) is 42.5 Å². The van der Waals surface area contributed by atoms with Crippen LogP contribution in [0.25, 0.3) is 10.2 Å². The van der Waals surface area contributed by atoms with E-state index in [1.165, 1.54) is 11.3 Å². The van der Waals surface area contributed by atoms with Crippen LogP contribution in [0, 0.1) is 0 Å². The fourth-order valence-corrected chi connectivity index (χ4v) is 2.69. The Balaban J connectivity index is 1.95. The van der Waals surface area contributed by atoms with Gasteiger partial charge >= 0.3 is 0 Å². The van der Waals surface area contributed by atoms with E-state index in [0.717, 1.165) is 21.1 Å². The molecule has 2 aromatic carbocycles. The number of aromatic nitrogens is 1. The number of fused-ring (bicyclic) bond motifs is 1. The highest BCUT2D eigenvalue weighted by Gasteiger charge is 2.07. The average Bonchev–Trinajstić information content (AvgIpc) is 2.82. The number of aromatic hydroxyl groups is 1. The highest BCUT2D eigenvalue weighted by Crippen LogP contribution is 2.33. The van der Waals surface area contributed by atoms with Crippen molar-refractivity contribution in [3.05, 3.63) is 42.5 Å². The Kier molecular flexibility index (Phi) is 2.97. The number of nitrogens with one attached hydrogen (secondary N) is 1. The number of phenols is 1. The molecule has 0 spiro atoms. The summed E-state index contributed by atoms with van der Waals surface area (Å²) in [5, 5.41) is 13.6. The third-order valence-electron chi connectivity index (χ3n) is 2.74. The van der Waals surface area contributed by atoms with Gasteiger partial charge in [-0.3, -0.25) is 0 Å². The largest absolute Gasteiger partial charge is 0.506 e. The standard InChI is InChI=1S/C14H12N2O2S/c1-18-9-6-7-11-13(8-9)19-14(16-11)15-10-4-2-3-5-12(10)17/h2-8,17H,1H3,(H,15,16). The molecule has 0 saturated heterocycles. The van der Waals surface area contributed by atoms with Gasteiger partial charge in [-0.1, -0.05) is 23.5 Å². The summed E-state index contributed by atoms with van der Waals surface area (Å²) in [7, 11) is 1.64. The van der Waals surface area contributed by atoms with Crippen molar-refractivity contribution >= 4 is 32.4 Å². The topological polar surface area (TPSA) is 54.4 Å². The molecule has 0 aliphatic rings. The molecule has 0 unspecified atom stereocenters. The maximum Gasteiger partial charge on any atom is 0.188 e. The quantitative estimate of drug-likeness (QED) is 0.713. The van der Waals surface area contributed by atoms with Crippen LogP contribution in [0.2, 0.25) is 0 Å². The fraction of sp³-hybridized carbons (Fsp3) is 0.0714. The van der Waals surface area contributed by atoms with Crippen LogP contribution < -0.4 is 10.1 Å². The minimum Gasteiger partial charge on any atom is -0.506 e. The summed E-state index contributed by atoms with van der Waals surface area (Å²) < 4.78 is 6.23. The molecule has 96 valence electrons. The van der Waals surface area contributed by atoms with E-state index in [2.05, 4.69) is 10.3 Å². The van der Waals surface area contributed by atoms with Gasteiger partial charge < -0.3 is 15.2 Å². The van der Waals surface area contributed by atoms with Crippen molar-refractivity contribution in [3.63, 3.8) is 0 Å². The van der Waals surface area contributed by atoms with Crippen molar-refractivity contribution in [3.8, 4) is 11.5 Å². The molecule has 0 atom stereocenters. The lowest BCUT2D eigenvalue weighted by Gasteiger charge is -2.03. The molecule has 0 radical (unpaired) electrons. The number of methoxy groups -OCH3 is 1. The predicted molar refractivity (Wildman–Crippen MR) is 77.6 cm³/mol. The molecule has 19 heavy (non-hydrogen) atoms. The lowest BCUT2D eigenvalue weighted by molar-refractivity contribution is 0.415. The van der Waals surface area contributed by atoms with Crippen molar-refractivity contribution in [2.45, 2.75) is 0 Å². The molecule has 3 rings (SSSR count). The number of ether oxygens (including phenoxy) is 1. The van der Waals surface area contributed by atoms with E-state index in [4.69, 9.17) is 4.74 Å². The van der Waals surface area contributed by atoms with E-state index < -0.39 is 0 Å². The van der Waals surface area contributed by atoms with Gasteiger partial charge in [0, 0.05) is 0 Å². The molecule has 2 N–H and O–H groups in total. The second kappa shape index (κ2) is 4.78. The molecule has 0 aliphatic carbocycles. The predicted octanol–water partition coefficient (Wildman–Crippen LogP) is 3.75. The Bertz CT molecular complexity index is 724. The van der Waals surface area contributed by atoms with Crippen molar-refractivity contribution in [1.82, 2.24) is 4.98 Å². The fourth-order valence-electron chi connectivity index (χ4n) is 1.78. The Morgan fingerprint density at radius 3 is 2.84 bits per heavy atom. The first-order valence-corrected chi connectivity index (χ1v) is 6.57. The molecular weight excluding hydrogens is 260 g/mol. The van der Waals surface area contributed by atoms with Gasteiger partial charge in [0.25, 0.3) is 0 Å². The number of hydrogen-bond acceptors (Lipinski definition) is 5. The number of benzene rings is 2. The van der Waals surface area contributed by atoms with Gasteiger partial charge in [-0.2, -0.15) is 0 Å². The van der Waals surface area contributed by atoms with Crippen LogP contribution >= 0.6 is 11.3 Å². The van der Waals surface area contributed by atoms with Crippen molar-refractivity contribution in [2.75, 3.05) is 12.4 Å². The third-order valence-corrected chi connectivity index (χ3v) is 3.67. The van der Waals surface area contributed by atoms with Crippen molar-refractivity contribution in [1.29, 1.82) is 0 Å². The minimum atomic E-state index is 0.208. The summed E-state index contributed by atoms with van der Waals surface area (Å²) in [6.45, 7) is 0. The zero-order valence-corrected chi connectivity index (χ0v) is 11.1. The van der Waals surface area contributed by atoms with E-state index in [9.17, 15) is 5.11 Å². The molecule has 5 heteroatoms. The number of anilines is 2. The summed E-state index contributed by atoms with van der Waals surface area (Å²) >= 11 is 1.52. The Morgan fingerprint density at radius 1 is 1.21 bits per heavy atom. The maximum absolute atomic E-state index is 9.72. The Morgan fingerprint density at radius 2 is 2.05 bits per heavy atom. The first-order valence-electron chi connectivity index (χ1n) is 5.76. The zero-order chi connectivity index (χ0) is 13.2. The molecule has 0 fully saturated rings. The highest BCUT2D eigenvalue weighted by molar-refractivity contribution is 7.22. The molecule has 0 amide bonds. The monoisotopic (exact) mass is 272 g/mol. The van der Waals surface area contributed by atoms with Crippen LogP contribution in [-0.4, -0.2) is 17.2 Å². The molecule has 0 saturated carbocycles. The van der Waals surface area contributed by atoms with Crippen LogP contribution in [0.5, 0.6) is 11.5 Å². The molecule has 1 heterocycles. The van der Waals surface area contributed by atoms with Crippen LogP contribution in [0.3, 0.4) is 0 Å². The summed E-state index contributed by atoms with van der Waals surface area (Å²) in [6.07, 6.45) is 0. The van der Waals surface area contributed by atoms with E-state index in [-0.39, 0.29) is 5.75 Å². The molecule has 3 aromatic rings. The van der Waals surface area contributed by atoms with Gasteiger partial charge in [-0.15, -0.1) is 0 Å². The lowest BCUT2D eigenvalue weighted by atomic mass is 10.3. The summed E-state index contributed by atoms with van der Waals surface area (Å²) in [4.78, 5) is 4.47. The van der Waals surface area contributed by atoms with Gasteiger partial charge in [0.1, 0.15) is 11.5 Å². The highest BCUT2D eigenvalue weighted by atomic mass is 32.1. The maximum atomic E-state index is 9.72. The normalized spacial score (nSPS) is 10.6. The third kappa shape index (κ3) is 2.32. The number of rotatable bonds is 3. The van der Waals surface area contributed by atoms with E-state index in [0.29, 0.717) is 5.69 Å². The van der Waals surface area contributed by atoms with Gasteiger partial charge in [0.05, 0.1) is 23.0 Å². The van der Waals surface area contributed by atoms with Gasteiger partial charge in [-0.05, 0) is 30.3 Å². The van der Waals surface area contributed by atoms with Crippen molar-refractivity contribution < 1.29 is 9.84 Å². The molecular formula is C14H12N2O2S. The second-order valence-electron chi connectivity index (χ2n) is 3.99. The van der Waals surface area contributed by atoms with E-state index in [1.807, 2.05) is 30.3 Å². The van der Waals surface area contributed by atoms with E-state index in [1.54, 1.807) is 19.2 Å². The van der Waals surface area contributed by atoms with Crippen molar-refractivity contribution in [2.24, 2.45) is 0 Å². The zero-order valence-electron chi connectivity index (χ0n) is 10.3. The molecule has 0 aliphatic heterocycles. The summed E-state index contributed by atoms with van der Waals surface area (Å²) in [5.41, 5.74) is 1.55. The Hall–Kier alpha value is -2.27. The number of para-hydroxylation sites is 2. The van der Waals surface area contributed by atoms with Crippen LogP contribution in [0.1, 0.15) is 0 Å². The minimum absolute atomic E-state index is 0.208. The first-order chi connectivity index (χ1) is 9.26. The smallest absolute Gasteiger partial charge is 0.188 e. The average molecular weight is 272 g/mol. The molecule has 1 aromatic heterocycles. The number of phenolic OH excluding ortho intramolecular Hbond substituents is 1. The first kappa shape index (κ1) is 11.8. The van der Waals surface area contributed by atoms with Gasteiger partial charge in [-0.25, -0.2) is 4.98 Å². The van der Waals surface area contributed by atoms with Crippen LogP contribution in [0.4, 0.5) is 10.8 Å². The second-order valence-corrected chi connectivity index (χ2v) is 5.03. The van der Waals surface area contributed by atoms with Crippen LogP contribution in [-0.2, 0) is 0 Å². The lowest BCUT2D eigenvalue weighted by Crippen LogP contribution is -1.88. The Labute approximate surface area is 114 Å². The number of thiazole rings is 1. The molecule has 0 bridgehead atoms.